The van der Waals surface area contributed by atoms with Crippen LogP contribution in [0.15, 0.2) is 24.3 Å². The minimum atomic E-state index is -4.02. The molecule has 8 heteroatoms. The number of carbonyl (C=O) groups excluding carboxylic acids is 1. The number of benzene rings is 1. The highest BCUT2D eigenvalue weighted by atomic mass is 35.5. The van der Waals surface area contributed by atoms with Gasteiger partial charge < -0.3 is 4.90 Å². The van der Waals surface area contributed by atoms with Gasteiger partial charge in [0.25, 0.3) is 10.1 Å². The summed E-state index contributed by atoms with van der Waals surface area (Å²) in [6, 6.07) is 7.30. The minimum absolute atomic E-state index is 0.164. The van der Waals surface area contributed by atoms with Crippen LogP contribution in [0, 0.1) is 5.41 Å². The Kier molecular flexibility index (Phi) is 8.82. The molecule has 28 heavy (non-hydrogen) atoms. The third-order valence-electron chi connectivity index (χ3n) is 5.10. The first-order chi connectivity index (χ1) is 13.1. The van der Waals surface area contributed by atoms with Gasteiger partial charge in [-0.05, 0) is 43.6 Å². The normalized spacial score (nSPS) is 17.4. The van der Waals surface area contributed by atoms with Crippen molar-refractivity contribution in [2.75, 3.05) is 31.1 Å². The van der Waals surface area contributed by atoms with Crippen LogP contribution in [0.5, 0.6) is 0 Å². The number of likely N-dealkylation sites (tertiary alicyclic amines) is 1. The van der Waals surface area contributed by atoms with E-state index in [1.807, 2.05) is 26.0 Å². The molecule has 1 heterocycles. The molecule has 0 saturated carbocycles. The second-order valence-corrected chi connectivity index (χ2v) is 11.4. The van der Waals surface area contributed by atoms with Crippen molar-refractivity contribution in [2.45, 2.75) is 44.8 Å². The third kappa shape index (κ3) is 8.03. The maximum Gasteiger partial charge on any atom is 0.265 e. The summed E-state index contributed by atoms with van der Waals surface area (Å²) in [5.41, 5.74) is 0.470. The van der Waals surface area contributed by atoms with Crippen molar-refractivity contribution in [1.82, 2.24) is 4.90 Å². The molecule has 1 aliphatic rings. The van der Waals surface area contributed by atoms with Gasteiger partial charge >= 0.3 is 0 Å². The van der Waals surface area contributed by atoms with E-state index in [2.05, 4.69) is 4.90 Å². The van der Waals surface area contributed by atoms with Crippen LogP contribution in [0.4, 0.5) is 0 Å². The molecule has 1 saturated heterocycles. The lowest BCUT2D eigenvalue weighted by Gasteiger charge is -2.34. The zero-order chi connectivity index (χ0) is 20.8. The Labute approximate surface area is 178 Å². The molecule has 0 aromatic heterocycles. The summed E-state index contributed by atoms with van der Waals surface area (Å²) in [6.45, 7) is 6.81. The standard InChI is InChI=1S/C20H30ClNO4S2/c1-20(2,15-22-10-4-3-5-11-22)19(23)14-18(27-12-13-28(24,25)26)16-6-8-17(21)9-7-16/h6-9,18H,3-5,10-15H2,1-2H3,(H,24,25,26)/t18-/m1/s1. The fourth-order valence-corrected chi connectivity index (χ4v) is 5.71. The van der Waals surface area contributed by atoms with Crippen molar-refractivity contribution in [3.63, 3.8) is 0 Å². The Hall–Kier alpha value is -0.600. The summed E-state index contributed by atoms with van der Waals surface area (Å²) in [5, 5.41) is 0.439. The summed E-state index contributed by atoms with van der Waals surface area (Å²) in [6.07, 6.45) is 3.94. The fraction of sp³-hybridized carbons (Fsp3) is 0.650. The molecule has 1 atom stereocenters. The molecule has 0 unspecified atom stereocenters. The van der Waals surface area contributed by atoms with Crippen LogP contribution in [-0.2, 0) is 14.9 Å². The first-order valence-electron chi connectivity index (χ1n) is 9.65. The number of nitrogens with zero attached hydrogens (tertiary/aromatic N) is 1. The molecule has 1 aromatic rings. The molecule has 0 bridgehead atoms. The van der Waals surface area contributed by atoms with Gasteiger partial charge in [-0.25, -0.2) is 0 Å². The highest BCUT2D eigenvalue weighted by molar-refractivity contribution is 8.00. The van der Waals surface area contributed by atoms with E-state index in [9.17, 15) is 13.2 Å². The summed E-state index contributed by atoms with van der Waals surface area (Å²) in [5.74, 6) is 0.0661. The van der Waals surface area contributed by atoms with Crippen molar-refractivity contribution in [1.29, 1.82) is 0 Å². The SMILES string of the molecule is CC(C)(CN1CCCCC1)C(=O)C[C@@H](SCCS(=O)(=O)O)c1ccc(Cl)cc1. The first-order valence-corrected chi connectivity index (χ1v) is 12.7. The van der Waals surface area contributed by atoms with Crippen molar-refractivity contribution in [3.8, 4) is 0 Å². The average Bonchev–Trinajstić information content (AvgIpc) is 2.61. The van der Waals surface area contributed by atoms with Gasteiger partial charge in [0, 0.05) is 34.4 Å². The second-order valence-electron chi connectivity index (χ2n) is 8.05. The quantitative estimate of drug-likeness (QED) is 0.533. The van der Waals surface area contributed by atoms with Gasteiger partial charge in [-0.2, -0.15) is 20.2 Å². The van der Waals surface area contributed by atoms with Crippen molar-refractivity contribution in [3.05, 3.63) is 34.9 Å². The van der Waals surface area contributed by atoms with Crippen LogP contribution in [0.3, 0.4) is 0 Å². The lowest BCUT2D eigenvalue weighted by Crippen LogP contribution is -2.42. The van der Waals surface area contributed by atoms with Crippen LogP contribution in [-0.4, -0.2) is 54.8 Å². The Morgan fingerprint density at radius 3 is 2.39 bits per heavy atom. The third-order valence-corrected chi connectivity index (χ3v) is 7.61. The number of halogens is 1. The molecule has 0 amide bonds. The molecule has 5 nitrogen and oxygen atoms in total. The molecule has 1 fully saturated rings. The predicted octanol–water partition coefficient (Wildman–Crippen LogP) is 4.47. The topological polar surface area (TPSA) is 74.7 Å². The lowest BCUT2D eigenvalue weighted by atomic mass is 9.84. The van der Waals surface area contributed by atoms with E-state index in [1.54, 1.807) is 12.1 Å². The number of Topliss-reactive ketones (excluding diaryl/α,β-unsaturated/α-hetero) is 1. The number of ketones is 1. The van der Waals surface area contributed by atoms with E-state index in [0.29, 0.717) is 11.4 Å². The average molecular weight is 448 g/mol. The Bertz CT molecular complexity index is 744. The van der Waals surface area contributed by atoms with Crippen LogP contribution in [0.25, 0.3) is 0 Å². The van der Waals surface area contributed by atoms with E-state index >= 15 is 0 Å². The summed E-state index contributed by atoms with van der Waals surface area (Å²) >= 11 is 7.36. The number of rotatable bonds is 10. The molecular weight excluding hydrogens is 418 g/mol. The van der Waals surface area contributed by atoms with Gasteiger partial charge in [-0.1, -0.05) is 44.0 Å². The zero-order valence-corrected chi connectivity index (χ0v) is 19.0. The summed E-state index contributed by atoms with van der Waals surface area (Å²) < 4.78 is 31.1. The molecular formula is C20H30ClNO4S2. The molecule has 1 aliphatic heterocycles. The summed E-state index contributed by atoms with van der Waals surface area (Å²) in [7, 11) is -4.02. The van der Waals surface area contributed by atoms with Gasteiger partial charge in [-0.15, -0.1) is 0 Å². The largest absolute Gasteiger partial charge is 0.302 e. The molecule has 1 N–H and O–H groups in total. The summed E-state index contributed by atoms with van der Waals surface area (Å²) in [4.78, 5) is 15.5. The van der Waals surface area contributed by atoms with Gasteiger partial charge in [-0.3, -0.25) is 9.35 Å². The number of hydrogen-bond donors (Lipinski definition) is 1. The van der Waals surface area contributed by atoms with E-state index in [1.165, 1.54) is 31.0 Å². The lowest BCUT2D eigenvalue weighted by molar-refractivity contribution is -0.128. The van der Waals surface area contributed by atoms with Gasteiger partial charge in [0.2, 0.25) is 0 Å². The van der Waals surface area contributed by atoms with Gasteiger partial charge in [0.1, 0.15) is 5.78 Å². The zero-order valence-electron chi connectivity index (χ0n) is 16.6. The molecule has 0 radical (unpaired) electrons. The Balaban J connectivity index is 2.06. The van der Waals surface area contributed by atoms with Crippen LogP contribution in [0.2, 0.25) is 5.02 Å². The molecule has 0 spiro atoms. The Morgan fingerprint density at radius 2 is 1.82 bits per heavy atom. The van der Waals surface area contributed by atoms with E-state index < -0.39 is 15.5 Å². The van der Waals surface area contributed by atoms with Crippen LogP contribution >= 0.6 is 23.4 Å². The van der Waals surface area contributed by atoms with Gasteiger partial charge in [0.15, 0.2) is 0 Å². The molecule has 158 valence electrons. The first kappa shape index (κ1) is 23.7. The van der Waals surface area contributed by atoms with Crippen molar-refractivity contribution in [2.24, 2.45) is 5.41 Å². The van der Waals surface area contributed by atoms with Crippen LogP contribution in [0.1, 0.15) is 50.3 Å². The van der Waals surface area contributed by atoms with Crippen LogP contribution < -0.4 is 0 Å². The smallest absolute Gasteiger partial charge is 0.265 e. The minimum Gasteiger partial charge on any atom is -0.302 e. The molecule has 1 aromatic carbocycles. The number of hydrogen-bond acceptors (Lipinski definition) is 5. The molecule has 0 aliphatic carbocycles. The maximum absolute atomic E-state index is 13.1. The number of thioether (sulfide) groups is 1. The monoisotopic (exact) mass is 447 g/mol. The van der Waals surface area contributed by atoms with Crippen molar-refractivity contribution >= 4 is 39.3 Å². The number of piperidine rings is 1. The van der Waals surface area contributed by atoms with E-state index in [4.69, 9.17) is 16.2 Å². The highest BCUT2D eigenvalue weighted by Crippen LogP contribution is 2.36. The second kappa shape index (κ2) is 10.4. The van der Waals surface area contributed by atoms with Gasteiger partial charge in [0.05, 0.1) is 5.75 Å². The molecule has 2 rings (SSSR count). The maximum atomic E-state index is 13.1. The Morgan fingerprint density at radius 1 is 1.21 bits per heavy atom. The van der Waals surface area contributed by atoms with Crippen molar-refractivity contribution < 1.29 is 17.8 Å². The number of carbonyl (C=O) groups is 1. The fourth-order valence-electron chi connectivity index (χ4n) is 3.46. The predicted molar refractivity (Wildman–Crippen MR) is 117 cm³/mol. The highest BCUT2D eigenvalue weighted by Gasteiger charge is 2.32. The van der Waals surface area contributed by atoms with E-state index in [0.717, 1.165) is 25.2 Å². The van der Waals surface area contributed by atoms with E-state index in [-0.39, 0.29) is 22.5 Å².